The SMILES string of the molecule is COC(=O)C(Cl)(CO)NC(C)=O. The number of nitrogens with one attached hydrogen (secondary N) is 1. The summed E-state index contributed by atoms with van der Waals surface area (Å²) in [6.45, 7) is 0.455. The number of alkyl halides is 1. The molecule has 0 aliphatic carbocycles. The summed E-state index contributed by atoms with van der Waals surface area (Å²) in [5.74, 6) is -1.42. The van der Waals surface area contributed by atoms with Crippen LogP contribution in [0.15, 0.2) is 0 Å². The van der Waals surface area contributed by atoms with Gasteiger partial charge in [0.15, 0.2) is 0 Å². The van der Waals surface area contributed by atoms with Crippen molar-refractivity contribution in [2.75, 3.05) is 13.7 Å². The van der Waals surface area contributed by atoms with Crippen molar-refractivity contribution in [1.29, 1.82) is 0 Å². The topological polar surface area (TPSA) is 75.6 Å². The fourth-order valence-corrected chi connectivity index (χ4v) is 0.806. The summed E-state index contributed by atoms with van der Waals surface area (Å²) in [5, 5.41) is 10.7. The molecule has 1 atom stereocenters. The Kier molecular flexibility index (Phi) is 3.99. The Morgan fingerprint density at radius 2 is 2.17 bits per heavy atom. The molecule has 0 heterocycles. The van der Waals surface area contributed by atoms with Crippen molar-refractivity contribution in [3.05, 3.63) is 0 Å². The van der Waals surface area contributed by atoms with E-state index in [0.29, 0.717) is 0 Å². The van der Waals surface area contributed by atoms with Crippen LogP contribution in [0.4, 0.5) is 0 Å². The minimum absolute atomic E-state index is 0.524. The van der Waals surface area contributed by atoms with E-state index in [1.807, 2.05) is 0 Å². The molecule has 0 saturated heterocycles. The average Bonchev–Trinajstić information content (AvgIpc) is 2.01. The Balaban J connectivity index is 4.44. The Labute approximate surface area is 74.6 Å². The number of aliphatic hydroxyl groups is 1. The Bertz CT molecular complexity index is 196. The Hall–Kier alpha value is -0.810. The van der Waals surface area contributed by atoms with Crippen molar-refractivity contribution in [1.82, 2.24) is 5.32 Å². The largest absolute Gasteiger partial charge is 0.466 e. The van der Waals surface area contributed by atoms with E-state index in [1.165, 1.54) is 6.92 Å². The van der Waals surface area contributed by atoms with Crippen LogP contribution in [0, 0.1) is 0 Å². The van der Waals surface area contributed by atoms with Crippen LogP contribution in [0.1, 0.15) is 6.92 Å². The molecule has 0 spiro atoms. The number of amides is 1. The second kappa shape index (κ2) is 4.27. The molecule has 1 unspecified atom stereocenters. The van der Waals surface area contributed by atoms with Crippen molar-refractivity contribution >= 4 is 23.5 Å². The first-order valence-corrected chi connectivity index (χ1v) is 3.51. The van der Waals surface area contributed by atoms with Gasteiger partial charge in [-0.3, -0.25) is 4.79 Å². The van der Waals surface area contributed by atoms with Crippen LogP contribution in [0.3, 0.4) is 0 Å². The molecule has 6 heteroatoms. The molecular weight excluding hydrogens is 186 g/mol. The number of hydrogen-bond donors (Lipinski definition) is 2. The number of aliphatic hydroxyl groups excluding tert-OH is 1. The van der Waals surface area contributed by atoms with Gasteiger partial charge in [0.05, 0.1) is 13.7 Å². The second-order valence-corrected chi connectivity index (χ2v) is 2.78. The highest BCUT2D eigenvalue weighted by molar-refractivity contribution is 6.34. The highest BCUT2D eigenvalue weighted by Crippen LogP contribution is 2.11. The van der Waals surface area contributed by atoms with Gasteiger partial charge in [-0.1, -0.05) is 11.6 Å². The molecule has 1 amide bonds. The van der Waals surface area contributed by atoms with Gasteiger partial charge in [0.25, 0.3) is 0 Å². The molecule has 2 N–H and O–H groups in total. The maximum Gasteiger partial charge on any atom is 0.349 e. The number of esters is 1. The molecule has 0 radical (unpaired) electrons. The van der Waals surface area contributed by atoms with E-state index in [4.69, 9.17) is 16.7 Å². The number of carbonyl (C=O) groups is 2. The molecular formula is C6H10ClNO4. The zero-order valence-corrected chi connectivity index (χ0v) is 7.51. The van der Waals surface area contributed by atoms with Crippen molar-refractivity contribution in [2.24, 2.45) is 0 Å². The first-order valence-electron chi connectivity index (χ1n) is 3.13. The molecule has 5 nitrogen and oxygen atoms in total. The lowest BCUT2D eigenvalue weighted by Gasteiger charge is -2.21. The fraction of sp³-hybridized carbons (Fsp3) is 0.667. The van der Waals surface area contributed by atoms with E-state index in [1.54, 1.807) is 0 Å². The van der Waals surface area contributed by atoms with Crippen molar-refractivity contribution in [2.45, 2.75) is 11.9 Å². The van der Waals surface area contributed by atoms with Gasteiger partial charge in [-0.05, 0) is 0 Å². The van der Waals surface area contributed by atoms with E-state index in [9.17, 15) is 9.59 Å². The van der Waals surface area contributed by atoms with Gasteiger partial charge < -0.3 is 15.2 Å². The standard InChI is InChI=1S/C6H10ClNO4/c1-4(10)8-6(7,3-9)5(11)12-2/h9H,3H2,1-2H3,(H,8,10). The third-order valence-electron chi connectivity index (χ3n) is 1.10. The smallest absolute Gasteiger partial charge is 0.349 e. The van der Waals surface area contributed by atoms with Gasteiger partial charge in [-0.25, -0.2) is 4.79 Å². The van der Waals surface area contributed by atoms with Gasteiger partial charge in [-0.2, -0.15) is 0 Å². The summed E-state index contributed by atoms with van der Waals surface area (Å²) in [4.78, 5) is 19.5. The number of carbonyl (C=O) groups excluding carboxylic acids is 2. The predicted octanol–water partition coefficient (Wildman–Crippen LogP) is -0.777. The van der Waals surface area contributed by atoms with E-state index in [0.717, 1.165) is 7.11 Å². The quantitative estimate of drug-likeness (QED) is 0.352. The lowest BCUT2D eigenvalue weighted by Crippen LogP contribution is -2.52. The van der Waals surface area contributed by atoms with Crippen LogP contribution in [0.25, 0.3) is 0 Å². The fourth-order valence-electron chi connectivity index (χ4n) is 0.596. The van der Waals surface area contributed by atoms with E-state index in [2.05, 4.69) is 10.1 Å². The van der Waals surface area contributed by atoms with Crippen LogP contribution >= 0.6 is 11.6 Å². The van der Waals surface area contributed by atoms with Crippen LogP contribution in [0.2, 0.25) is 0 Å². The lowest BCUT2D eigenvalue weighted by atomic mass is 10.3. The Morgan fingerprint density at radius 1 is 1.67 bits per heavy atom. The highest BCUT2D eigenvalue weighted by atomic mass is 35.5. The average molecular weight is 196 g/mol. The maximum atomic E-state index is 10.9. The van der Waals surface area contributed by atoms with Gasteiger partial charge in [-0.15, -0.1) is 0 Å². The van der Waals surface area contributed by atoms with Crippen molar-refractivity contribution in [3.63, 3.8) is 0 Å². The maximum absolute atomic E-state index is 10.9. The Morgan fingerprint density at radius 3 is 2.42 bits per heavy atom. The molecule has 0 rings (SSSR count). The number of hydrogen-bond acceptors (Lipinski definition) is 4. The van der Waals surface area contributed by atoms with E-state index < -0.39 is 23.5 Å². The second-order valence-electron chi connectivity index (χ2n) is 2.13. The summed E-state index contributed by atoms with van der Waals surface area (Å²) in [6, 6.07) is 0. The third kappa shape index (κ3) is 2.67. The van der Waals surface area contributed by atoms with Crippen LogP contribution in [0.5, 0.6) is 0 Å². The first-order chi connectivity index (χ1) is 5.46. The first kappa shape index (κ1) is 11.2. The number of ether oxygens (including phenoxy) is 1. The zero-order chi connectivity index (χ0) is 9.78. The minimum atomic E-state index is -1.86. The summed E-state index contributed by atoms with van der Waals surface area (Å²) >= 11 is 5.51. The summed E-state index contributed by atoms with van der Waals surface area (Å²) in [6.07, 6.45) is 0. The minimum Gasteiger partial charge on any atom is -0.466 e. The van der Waals surface area contributed by atoms with Crippen LogP contribution < -0.4 is 5.32 Å². The lowest BCUT2D eigenvalue weighted by molar-refractivity contribution is -0.148. The predicted molar refractivity (Wildman–Crippen MR) is 41.5 cm³/mol. The normalized spacial score (nSPS) is 14.7. The zero-order valence-electron chi connectivity index (χ0n) is 6.76. The van der Waals surface area contributed by atoms with Crippen LogP contribution in [-0.2, 0) is 14.3 Å². The number of methoxy groups -OCH3 is 1. The summed E-state index contributed by atoms with van der Waals surface area (Å²) < 4.78 is 4.26. The molecule has 0 fully saturated rings. The van der Waals surface area contributed by atoms with Crippen molar-refractivity contribution in [3.8, 4) is 0 Å². The summed E-state index contributed by atoms with van der Waals surface area (Å²) in [5.41, 5.74) is 0. The van der Waals surface area contributed by atoms with E-state index in [-0.39, 0.29) is 0 Å². The summed E-state index contributed by atoms with van der Waals surface area (Å²) in [7, 11) is 1.11. The van der Waals surface area contributed by atoms with Crippen LogP contribution in [-0.4, -0.2) is 35.7 Å². The number of halogens is 1. The van der Waals surface area contributed by atoms with Gasteiger partial charge in [0.2, 0.25) is 10.9 Å². The molecule has 0 aliphatic rings. The third-order valence-corrected chi connectivity index (χ3v) is 1.47. The molecule has 0 aliphatic heterocycles. The molecule has 12 heavy (non-hydrogen) atoms. The van der Waals surface area contributed by atoms with E-state index >= 15 is 0 Å². The molecule has 0 bridgehead atoms. The van der Waals surface area contributed by atoms with Gasteiger partial charge >= 0.3 is 5.97 Å². The number of rotatable bonds is 3. The molecule has 70 valence electrons. The molecule has 0 aromatic rings. The van der Waals surface area contributed by atoms with Crippen molar-refractivity contribution < 1.29 is 19.4 Å². The molecule has 0 aromatic carbocycles. The molecule has 0 saturated carbocycles. The highest BCUT2D eigenvalue weighted by Gasteiger charge is 2.37. The molecule has 0 aromatic heterocycles. The van der Waals surface area contributed by atoms with Gasteiger partial charge in [0.1, 0.15) is 0 Å². The van der Waals surface area contributed by atoms with Gasteiger partial charge in [0, 0.05) is 6.92 Å². The monoisotopic (exact) mass is 195 g/mol.